The standard InChI is InChI=1S/C13H21N7/c1-8-9(2)17-12-10(16-8)11(18-13(14)19-12)15-6-5-7-20(3)4/h5-7H2,1-4H3,(H3,14,15,17,18,19). The van der Waals surface area contributed by atoms with E-state index in [1.807, 2.05) is 13.8 Å². The van der Waals surface area contributed by atoms with Gasteiger partial charge in [-0.2, -0.15) is 9.97 Å². The third-order valence-corrected chi connectivity index (χ3v) is 3.03. The highest BCUT2D eigenvalue weighted by Crippen LogP contribution is 2.19. The molecule has 7 nitrogen and oxygen atoms in total. The van der Waals surface area contributed by atoms with Crippen LogP contribution in [0, 0.1) is 13.8 Å². The van der Waals surface area contributed by atoms with Crippen LogP contribution in [0.1, 0.15) is 17.8 Å². The Morgan fingerprint density at radius 2 is 1.75 bits per heavy atom. The van der Waals surface area contributed by atoms with Crippen molar-refractivity contribution in [2.24, 2.45) is 0 Å². The van der Waals surface area contributed by atoms with Crippen LogP contribution in [0.5, 0.6) is 0 Å². The topological polar surface area (TPSA) is 92.8 Å². The molecule has 0 bridgehead atoms. The van der Waals surface area contributed by atoms with Gasteiger partial charge in [0.25, 0.3) is 0 Å². The lowest BCUT2D eigenvalue weighted by atomic mass is 10.3. The number of hydrogen-bond acceptors (Lipinski definition) is 7. The molecule has 2 aromatic rings. The summed E-state index contributed by atoms with van der Waals surface area (Å²) in [6.07, 6.45) is 1.01. The molecule has 0 saturated carbocycles. The van der Waals surface area contributed by atoms with Crippen molar-refractivity contribution in [1.29, 1.82) is 0 Å². The van der Waals surface area contributed by atoms with Gasteiger partial charge in [0.2, 0.25) is 5.95 Å². The molecule has 0 amide bonds. The van der Waals surface area contributed by atoms with E-state index in [4.69, 9.17) is 5.73 Å². The van der Waals surface area contributed by atoms with Crippen molar-refractivity contribution in [2.45, 2.75) is 20.3 Å². The first-order chi connectivity index (χ1) is 9.47. The van der Waals surface area contributed by atoms with Gasteiger partial charge in [-0.05, 0) is 40.9 Å². The van der Waals surface area contributed by atoms with Gasteiger partial charge < -0.3 is 16.0 Å². The molecule has 0 aromatic carbocycles. The highest BCUT2D eigenvalue weighted by molar-refractivity contribution is 5.83. The molecule has 0 atom stereocenters. The summed E-state index contributed by atoms with van der Waals surface area (Å²) in [6, 6.07) is 0. The van der Waals surface area contributed by atoms with Gasteiger partial charge in [0.1, 0.15) is 0 Å². The Morgan fingerprint density at radius 1 is 1.05 bits per heavy atom. The summed E-state index contributed by atoms with van der Waals surface area (Å²) in [7, 11) is 4.10. The van der Waals surface area contributed by atoms with Crippen LogP contribution in [0.4, 0.5) is 11.8 Å². The van der Waals surface area contributed by atoms with E-state index >= 15 is 0 Å². The number of rotatable bonds is 5. The van der Waals surface area contributed by atoms with Crippen molar-refractivity contribution < 1.29 is 0 Å². The number of aryl methyl sites for hydroxylation is 2. The van der Waals surface area contributed by atoms with Crippen LogP contribution < -0.4 is 11.1 Å². The highest BCUT2D eigenvalue weighted by Gasteiger charge is 2.10. The molecule has 108 valence electrons. The van der Waals surface area contributed by atoms with E-state index < -0.39 is 0 Å². The van der Waals surface area contributed by atoms with Gasteiger partial charge >= 0.3 is 0 Å². The Labute approximate surface area is 118 Å². The third kappa shape index (κ3) is 3.30. The number of fused-ring (bicyclic) bond motifs is 1. The maximum atomic E-state index is 5.73. The maximum absolute atomic E-state index is 5.73. The van der Waals surface area contributed by atoms with Crippen molar-refractivity contribution in [1.82, 2.24) is 24.8 Å². The van der Waals surface area contributed by atoms with E-state index in [9.17, 15) is 0 Å². The fourth-order valence-electron chi connectivity index (χ4n) is 1.85. The molecule has 0 saturated heterocycles. The first-order valence-corrected chi connectivity index (χ1v) is 6.64. The van der Waals surface area contributed by atoms with Crippen LogP contribution in [0.2, 0.25) is 0 Å². The summed E-state index contributed by atoms with van der Waals surface area (Å²) in [5.74, 6) is 0.868. The van der Waals surface area contributed by atoms with Gasteiger partial charge in [0.05, 0.1) is 11.4 Å². The number of anilines is 2. The lowest BCUT2D eigenvalue weighted by Crippen LogP contribution is -2.17. The summed E-state index contributed by atoms with van der Waals surface area (Å²) >= 11 is 0. The minimum atomic E-state index is 0.213. The van der Waals surface area contributed by atoms with Gasteiger partial charge in [0.15, 0.2) is 17.0 Å². The molecule has 0 aliphatic rings. The van der Waals surface area contributed by atoms with Crippen LogP contribution in [0.3, 0.4) is 0 Å². The van der Waals surface area contributed by atoms with Gasteiger partial charge in [-0.15, -0.1) is 0 Å². The smallest absolute Gasteiger partial charge is 0.224 e. The van der Waals surface area contributed by atoms with Crippen LogP contribution in [-0.2, 0) is 0 Å². The predicted molar refractivity (Wildman–Crippen MR) is 80.7 cm³/mol. The van der Waals surface area contributed by atoms with Crippen molar-refractivity contribution in [3.8, 4) is 0 Å². The molecule has 0 aliphatic carbocycles. The lowest BCUT2D eigenvalue weighted by molar-refractivity contribution is 0.405. The van der Waals surface area contributed by atoms with Crippen LogP contribution in [0.25, 0.3) is 11.2 Å². The SMILES string of the molecule is Cc1nc2nc(N)nc(NCCCN(C)C)c2nc1C. The second-order valence-electron chi connectivity index (χ2n) is 5.08. The molecular formula is C13H21N7. The Balaban J connectivity index is 2.25. The Bertz CT molecular complexity index is 609. The first-order valence-electron chi connectivity index (χ1n) is 6.64. The van der Waals surface area contributed by atoms with Crippen molar-refractivity contribution in [3.63, 3.8) is 0 Å². The fraction of sp³-hybridized carbons (Fsp3) is 0.538. The molecule has 0 radical (unpaired) electrons. The van der Waals surface area contributed by atoms with Crippen molar-refractivity contribution in [3.05, 3.63) is 11.4 Å². The van der Waals surface area contributed by atoms with Gasteiger partial charge in [-0.3, -0.25) is 0 Å². The predicted octanol–water partition coefficient (Wildman–Crippen LogP) is 0.982. The van der Waals surface area contributed by atoms with E-state index in [1.165, 1.54) is 0 Å². The second-order valence-corrected chi connectivity index (χ2v) is 5.08. The monoisotopic (exact) mass is 275 g/mol. The van der Waals surface area contributed by atoms with Gasteiger partial charge in [0, 0.05) is 6.54 Å². The van der Waals surface area contributed by atoms with E-state index in [0.717, 1.165) is 30.9 Å². The minimum Gasteiger partial charge on any atom is -0.368 e. The van der Waals surface area contributed by atoms with Gasteiger partial charge in [-0.1, -0.05) is 0 Å². The number of aromatic nitrogens is 4. The van der Waals surface area contributed by atoms with Gasteiger partial charge in [-0.25, -0.2) is 9.97 Å². The summed E-state index contributed by atoms with van der Waals surface area (Å²) < 4.78 is 0. The summed E-state index contributed by atoms with van der Waals surface area (Å²) in [5.41, 5.74) is 8.67. The summed E-state index contributed by atoms with van der Waals surface area (Å²) in [5, 5.41) is 3.27. The van der Waals surface area contributed by atoms with Crippen molar-refractivity contribution in [2.75, 3.05) is 38.2 Å². The summed E-state index contributed by atoms with van der Waals surface area (Å²) in [4.78, 5) is 19.4. The molecule has 20 heavy (non-hydrogen) atoms. The molecule has 0 spiro atoms. The number of nitrogens with one attached hydrogen (secondary N) is 1. The fourth-order valence-corrected chi connectivity index (χ4v) is 1.85. The number of nitrogens with zero attached hydrogens (tertiary/aromatic N) is 5. The Hall–Kier alpha value is -2.02. The van der Waals surface area contributed by atoms with E-state index in [2.05, 4.69) is 44.2 Å². The molecule has 2 aromatic heterocycles. The number of hydrogen-bond donors (Lipinski definition) is 2. The lowest BCUT2D eigenvalue weighted by Gasteiger charge is -2.12. The van der Waals surface area contributed by atoms with Crippen LogP contribution >= 0.6 is 0 Å². The average molecular weight is 275 g/mol. The largest absolute Gasteiger partial charge is 0.368 e. The molecular weight excluding hydrogens is 254 g/mol. The number of nitrogen functional groups attached to an aromatic ring is 1. The van der Waals surface area contributed by atoms with E-state index in [-0.39, 0.29) is 5.95 Å². The third-order valence-electron chi connectivity index (χ3n) is 3.03. The normalized spacial score (nSPS) is 11.2. The molecule has 0 aliphatic heterocycles. The maximum Gasteiger partial charge on any atom is 0.224 e. The Morgan fingerprint density at radius 3 is 2.45 bits per heavy atom. The second kappa shape index (κ2) is 5.96. The average Bonchev–Trinajstić information content (AvgIpc) is 2.36. The zero-order valence-electron chi connectivity index (χ0n) is 12.4. The first kappa shape index (κ1) is 14.4. The molecule has 2 rings (SSSR count). The zero-order chi connectivity index (χ0) is 14.7. The minimum absolute atomic E-state index is 0.213. The molecule has 0 unspecified atom stereocenters. The quantitative estimate of drug-likeness (QED) is 0.786. The molecule has 0 fully saturated rings. The van der Waals surface area contributed by atoms with E-state index in [0.29, 0.717) is 17.0 Å². The summed E-state index contributed by atoms with van der Waals surface area (Å²) in [6.45, 7) is 5.64. The molecule has 7 heteroatoms. The highest BCUT2D eigenvalue weighted by atomic mass is 15.1. The van der Waals surface area contributed by atoms with Crippen LogP contribution in [0.15, 0.2) is 0 Å². The molecule has 2 heterocycles. The zero-order valence-corrected chi connectivity index (χ0v) is 12.4. The number of nitrogens with two attached hydrogens (primary N) is 1. The van der Waals surface area contributed by atoms with Crippen LogP contribution in [-0.4, -0.2) is 52.0 Å². The van der Waals surface area contributed by atoms with Crippen molar-refractivity contribution >= 4 is 22.9 Å². The Kier molecular flexibility index (Phi) is 4.29. The van der Waals surface area contributed by atoms with E-state index in [1.54, 1.807) is 0 Å². The molecule has 3 N–H and O–H groups in total.